The molecule has 0 radical (unpaired) electrons. The molecule has 0 unspecified atom stereocenters. The molecule has 16 heavy (non-hydrogen) atoms. The number of aromatic carboxylic acids is 1. The van der Waals surface area contributed by atoms with Gasteiger partial charge >= 0.3 is 5.97 Å². The molecule has 0 amide bonds. The minimum absolute atomic E-state index is 0.206. The number of aromatic amines is 1. The molecule has 7 nitrogen and oxygen atoms in total. The van der Waals surface area contributed by atoms with Gasteiger partial charge in [0.1, 0.15) is 17.6 Å². The summed E-state index contributed by atoms with van der Waals surface area (Å²) in [6, 6.07) is 1.55. The highest BCUT2D eigenvalue weighted by Gasteiger charge is 2.10. The van der Waals surface area contributed by atoms with Crippen LogP contribution in [0.2, 0.25) is 0 Å². The Bertz CT molecular complexity index is 579. The highest BCUT2D eigenvalue weighted by Crippen LogP contribution is 2.06. The van der Waals surface area contributed by atoms with Gasteiger partial charge in [0.05, 0.1) is 0 Å². The van der Waals surface area contributed by atoms with Crippen molar-refractivity contribution < 1.29 is 9.90 Å². The van der Waals surface area contributed by atoms with Gasteiger partial charge in [-0.2, -0.15) is 0 Å². The molecule has 2 aromatic heterocycles. The average molecular weight is 218 g/mol. The van der Waals surface area contributed by atoms with Crippen molar-refractivity contribution in [3.05, 3.63) is 40.7 Å². The smallest absolute Gasteiger partial charge is 0.342 e. The van der Waals surface area contributed by atoms with Gasteiger partial charge in [0.15, 0.2) is 5.82 Å². The summed E-state index contributed by atoms with van der Waals surface area (Å²) >= 11 is 0. The highest BCUT2D eigenvalue weighted by atomic mass is 16.4. The van der Waals surface area contributed by atoms with Gasteiger partial charge in [-0.3, -0.25) is 4.79 Å². The van der Waals surface area contributed by atoms with Crippen molar-refractivity contribution in [1.82, 2.24) is 19.9 Å². The van der Waals surface area contributed by atoms with Gasteiger partial charge in [0.25, 0.3) is 5.56 Å². The minimum atomic E-state index is -1.32. The summed E-state index contributed by atoms with van der Waals surface area (Å²) in [7, 11) is 0. The Morgan fingerprint density at radius 1 is 1.38 bits per heavy atom. The zero-order valence-corrected chi connectivity index (χ0v) is 7.91. The van der Waals surface area contributed by atoms with Crippen LogP contribution in [0.5, 0.6) is 0 Å². The normalized spacial score (nSPS) is 10.0. The van der Waals surface area contributed by atoms with Crippen LogP contribution in [-0.4, -0.2) is 31.0 Å². The third-order valence-electron chi connectivity index (χ3n) is 1.85. The number of hydrogen-bond donors (Lipinski definition) is 2. The standard InChI is InChI=1S/C9H6N4O3/c14-8-5(9(15)16)3-11-7(13-8)6-1-2-10-4-12-6/h1-4H,(H,15,16)(H,11,13,14). The summed E-state index contributed by atoms with van der Waals surface area (Å²) in [5, 5.41) is 8.64. The predicted octanol–water partition coefficient (Wildman–Crippen LogP) is -0.0749. The molecule has 0 aliphatic heterocycles. The van der Waals surface area contributed by atoms with Gasteiger partial charge in [-0.15, -0.1) is 0 Å². The molecule has 0 saturated carbocycles. The summed E-state index contributed by atoms with van der Waals surface area (Å²) < 4.78 is 0. The Labute approximate surface area is 88.8 Å². The van der Waals surface area contributed by atoms with E-state index < -0.39 is 17.1 Å². The molecule has 0 aliphatic rings. The molecule has 0 fully saturated rings. The molecule has 0 aromatic carbocycles. The van der Waals surface area contributed by atoms with Crippen molar-refractivity contribution in [2.75, 3.05) is 0 Å². The lowest BCUT2D eigenvalue weighted by molar-refractivity contribution is 0.0694. The fraction of sp³-hybridized carbons (Fsp3) is 0. The molecule has 7 heteroatoms. The second-order valence-corrected chi connectivity index (χ2v) is 2.87. The molecule has 0 aliphatic carbocycles. The maximum atomic E-state index is 11.3. The van der Waals surface area contributed by atoms with Gasteiger partial charge in [0, 0.05) is 12.4 Å². The number of nitrogens with one attached hydrogen (secondary N) is 1. The molecule has 0 bridgehead atoms. The number of carbonyl (C=O) groups is 1. The number of rotatable bonds is 2. The maximum Gasteiger partial charge on any atom is 0.342 e. The van der Waals surface area contributed by atoms with Crippen LogP contribution in [-0.2, 0) is 0 Å². The van der Waals surface area contributed by atoms with Gasteiger partial charge in [-0.05, 0) is 6.07 Å². The minimum Gasteiger partial charge on any atom is -0.477 e. The lowest BCUT2D eigenvalue weighted by Crippen LogP contribution is -2.18. The van der Waals surface area contributed by atoms with Crippen LogP contribution in [0.4, 0.5) is 0 Å². The number of carboxylic acids is 1. The molecule has 2 rings (SSSR count). The number of H-pyrrole nitrogens is 1. The van der Waals surface area contributed by atoms with Crippen molar-refractivity contribution in [3.63, 3.8) is 0 Å². The van der Waals surface area contributed by atoms with E-state index in [4.69, 9.17) is 5.11 Å². The molecule has 2 aromatic rings. The molecule has 0 saturated heterocycles. The van der Waals surface area contributed by atoms with E-state index in [9.17, 15) is 9.59 Å². The Hall–Kier alpha value is -2.57. The second-order valence-electron chi connectivity index (χ2n) is 2.87. The van der Waals surface area contributed by atoms with Gasteiger partial charge < -0.3 is 10.1 Å². The van der Waals surface area contributed by atoms with Crippen LogP contribution in [0.15, 0.2) is 29.6 Å². The molecule has 2 N–H and O–H groups in total. The number of carboxylic acid groups (broad SMARTS) is 1. The van der Waals surface area contributed by atoms with Crippen molar-refractivity contribution in [2.24, 2.45) is 0 Å². The van der Waals surface area contributed by atoms with E-state index in [-0.39, 0.29) is 5.82 Å². The Morgan fingerprint density at radius 2 is 2.19 bits per heavy atom. The number of hydrogen-bond acceptors (Lipinski definition) is 5. The van der Waals surface area contributed by atoms with Crippen molar-refractivity contribution >= 4 is 5.97 Å². The lowest BCUT2D eigenvalue weighted by atomic mass is 10.3. The summed E-state index contributed by atoms with van der Waals surface area (Å²) in [6.45, 7) is 0. The third-order valence-corrected chi connectivity index (χ3v) is 1.85. The monoisotopic (exact) mass is 218 g/mol. The molecular weight excluding hydrogens is 212 g/mol. The van der Waals surface area contributed by atoms with Crippen LogP contribution < -0.4 is 5.56 Å². The first-order valence-corrected chi connectivity index (χ1v) is 4.27. The first kappa shape index (κ1) is 9.97. The summed E-state index contributed by atoms with van der Waals surface area (Å²) in [5.74, 6) is -1.11. The molecule has 0 spiro atoms. The first-order chi connectivity index (χ1) is 7.68. The van der Waals surface area contributed by atoms with E-state index in [2.05, 4.69) is 19.9 Å². The van der Waals surface area contributed by atoms with E-state index >= 15 is 0 Å². The summed E-state index contributed by atoms with van der Waals surface area (Å²) in [4.78, 5) is 35.6. The van der Waals surface area contributed by atoms with Gasteiger partial charge in [-0.25, -0.2) is 19.7 Å². The second kappa shape index (κ2) is 3.89. The molecule has 80 valence electrons. The fourth-order valence-electron chi connectivity index (χ4n) is 1.11. The quantitative estimate of drug-likeness (QED) is 0.729. The number of nitrogens with zero attached hydrogens (tertiary/aromatic N) is 3. The Morgan fingerprint density at radius 3 is 2.75 bits per heavy atom. The molecule has 0 atom stereocenters. The largest absolute Gasteiger partial charge is 0.477 e. The Kier molecular flexibility index (Phi) is 2.42. The fourth-order valence-corrected chi connectivity index (χ4v) is 1.11. The van der Waals surface area contributed by atoms with Gasteiger partial charge in [0.2, 0.25) is 0 Å². The van der Waals surface area contributed by atoms with E-state index in [1.165, 1.54) is 12.5 Å². The van der Waals surface area contributed by atoms with Crippen LogP contribution in [0, 0.1) is 0 Å². The van der Waals surface area contributed by atoms with Gasteiger partial charge in [-0.1, -0.05) is 0 Å². The van der Waals surface area contributed by atoms with E-state index in [0.717, 1.165) is 6.20 Å². The topological polar surface area (TPSA) is 109 Å². The molecule has 2 heterocycles. The average Bonchev–Trinajstić information content (AvgIpc) is 2.29. The van der Waals surface area contributed by atoms with Crippen molar-refractivity contribution in [3.8, 4) is 11.5 Å². The van der Waals surface area contributed by atoms with Crippen LogP contribution in [0.3, 0.4) is 0 Å². The maximum absolute atomic E-state index is 11.3. The first-order valence-electron chi connectivity index (χ1n) is 4.27. The van der Waals surface area contributed by atoms with Crippen molar-refractivity contribution in [2.45, 2.75) is 0 Å². The highest BCUT2D eigenvalue weighted by molar-refractivity contribution is 5.86. The van der Waals surface area contributed by atoms with E-state index in [1.54, 1.807) is 6.07 Å². The summed E-state index contributed by atoms with van der Waals surface area (Å²) in [5.41, 5.74) is -0.696. The van der Waals surface area contributed by atoms with E-state index in [0.29, 0.717) is 5.69 Å². The van der Waals surface area contributed by atoms with Crippen LogP contribution >= 0.6 is 0 Å². The third kappa shape index (κ3) is 1.78. The number of aromatic nitrogens is 4. The SMILES string of the molecule is O=C(O)c1cnc(-c2ccncn2)[nH]c1=O. The lowest BCUT2D eigenvalue weighted by Gasteiger charge is -1.98. The van der Waals surface area contributed by atoms with E-state index in [1.807, 2.05) is 0 Å². The zero-order chi connectivity index (χ0) is 11.5. The predicted molar refractivity (Wildman–Crippen MR) is 52.8 cm³/mol. The summed E-state index contributed by atoms with van der Waals surface area (Å²) in [6.07, 6.45) is 3.80. The Balaban J connectivity index is 2.51. The molecular formula is C9H6N4O3. The van der Waals surface area contributed by atoms with Crippen LogP contribution in [0.1, 0.15) is 10.4 Å². The zero-order valence-electron chi connectivity index (χ0n) is 7.91. The van der Waals surface area contributed by atoms with Crippen molar-refractivity contribution in [1.29, 1.82) is 0 Å². The van der Waals surface area contributed by atoms with Crippen LogP contribution in [0.25, 0.3) is 11.5 Å².